The van der Waals surface area contributed by atoms with Gasteiger partial charge in [0.15, 0.2) is 0 Å². The minimum Gasteiger partial charge on any atom is -0.444 e. The Hall–Kier alpha value is -1.51. The van der Waals surface area contributed by atoms with E-state index in [2.05, 4.69) is 12.1 Å². The summed E-state index contributed by atoms with van der Waals surface area (Å²) in [5.41, 5.74) is 0.861. The third-order valence-electron chi connectivity index (χ3n) is 3.32. The normalized spacial score (nSPS) is 19.5. The SMILES string of the molecule is CC(C)(C)OC(=O)N1CCCC1Cc1ccccc1. The van der Waals surface area contributed by atoms with Crippen LogP contribution in [0.5, 0.6) is 0 Å². The summed E-state index contributed by atoms with van der Waals surface area (Å²) in [6.07, 6.45) is 2.87. The molecule has 2 rings (SSSR count). The second-order valence-electron chi connectivity index (χ2n) is 6.16. The van der Waals surface area contributed by atoms with Crippen LogP contribution in [0.25, 0.3) is 0 Å². The predicted octanol–water partition coefficient (Wildman–Crippen LogP) is 3.63. The second-order valence-corrected chi connectivity index (χ2v) is 6.16. The summed E-state index contributed by atoms with van der Waals surface area (Å²) < 4.78 is 5.48. The highest BCUT2D eigenvalue weighted by Crippen LogP contribution is 2.23. The molecule has 0 radical (unpaired) electrons. The van der Waals surface area contributed by atoms with Crippen molar-refractivity contribution in [2.45, 2.75) is 51.7 Å². The molecule has 0 bridgehead atoms. The van der Waals surface area contributed by atoms with Gasteiger partial charge in [0.1, 0.15) is 5.60 Å². The van der Waals surface area contributed by atoms with Crippen LogP contribution in [0.1, 0.15) is 39.2 Å². The number of hydrogen-bond acceptors (Lipinski definition) is 2. The van der Waals surface area contributed by atoms with Crippen LogP contribution in [0.15, 0.2) is 30.3 Å². The smallest absolute Gasteiger partial charge is 0.410 e. The molecule has 1 aliphatic heterocycles. The van der Waals surface area contributed by atoms with Crippen molar-refractivity contribution < 1.29 is 9.53 Å². The third kappa shape index (κ3) is 3.98. The quantitative estimate of drug-likeness (QED) is 0.813. The van der Waals surface area contributed by atoms with Crippen LogP contribution in [0, 0.1) is 0 Å². The van der Waals surface area contributed by atoms with E-state index >= 15 is 0 Å². The van der Waals surface area contributed by atoms with Gasteiger partial charge in [-0.3, -0.25) is 0 Å². The lowest BCUT2D eigenvalue weighted by Crippen LogP contribution is -2.40. The number of rotatable bonds is 2. The van der Waals surface area contributed by atoms with Crippen LogP contribution in [-0.2, 0) is 11.2 Å². The number of nitrogens with zero attached hydrogens (tertiary/aromatic N) is 1. The van der Waals surface area contributed by atoms with Crippen molar-refractivity contribution in [2.24, 2.45) is 0 Å². The van der Waals surface area contributed by atoms with E-state index in [1.165, 1.54) is 5.56 Å². The van der Waals surface area contributed by atoms with Gasteiger partial charge in [-0.1, -0.05) is 30.3 Å². The van der Waals surface area contributed by atoms with E-state index in [1.807, 2.05) is 43.9 Å². The Morgan fingerprint density at radius 1 is 1.32 bits per heavy atom. The molecule has 0 aromatic heterocycles. The Balaban J connectivity index is 1.99. The fourth-order valence-corrected chi connectivity index (χ4v) is 2.50. The van der Waals surface area contributed by atoms with Gasteiger partial charge in [-0.25, -0.2) is 4.79 Å². The van der Waals surface area contributed by atoms with Crippen molar-refractivity contribution in [3.63, 3.8) is 0 Å². The summed E-state index contributed by atoms with van der Waals surface area (Å²) in [4.78, 5) is 14.1. The summed E-state index contributed by atoms with van der Waals surface area (Å²) in [6.45, 7) is 6.54. The molecule has 19 heavy (non-hydrogen) atoms. The molecule has 1 aliphatic rings. The maximum Gasteiger partial charge on any atom is 0.410 e. The monoisotopic (exact) mass is 261 g/mol. The molecule has 104 valence electrons. The van der Waals surface area contributed by atoms with Crippen molar-refractivity contribution in [1.29, 1.82) is 0 Å². The molecule has 0 saturated carbocycles. The number of likely N-dealkylation sites (tertiary alicyclic amines) is 1. The molecule has 1 aromatic carbocycles. The van der Waals surface area contributed by atoms with Gasteiger partial charge in [0.05, 0.1) is 0 Å². The average molecular weight is 261 g/mol. The topological polar surface area (TPSA) is 29.5 Å². The van der Waals surface area contributed by atoms with Crippen LogP contribution < -0.4 is 0 Å². The summed E-state index contributed by atoms with van der Waals surface area (Å²) in [7, 11) is 0. The molecule has 3 heteroatoms. The minimum absolute atomic E-state index is 0.175. The predicted molar refractivity (Wildman–Crippen MR) is 76.1 cm³/mol. The Bertz CT molecular complexity index is 422. The van der Waals surface area contributed by atoms with Crippen LogP contribution >= 0.6 is 0 Å². The first kappa shape index (κ1) is 13.9. The van der Waals surface area contributed by atoms with Crippen LogP contribution in [0.4, 0.5) is 4.79 Å². The van der Waals surface area contributed by atoms with E-state index in [4.69, 9.17) is 4.74 Å². The highest BCUT2D eigenvalue weighted by molar-refractivity contribution is 5.69. The molecule has 3 nitrogen and oxygen atoms in total. The van der Waals surface area contributed by atoms with Crippen molar-refractivity contribution in [2.75, 3.05) is 6.54 Å². The highest BCUT2D eigenvalue weighted by atomic mass is 16.6. The lowest BCUT2D eigenvalue weighted by molar-refractivity contribution is 0.0227. The van der Waals surface area contributed by atoms with Gasteiger partial charge in [0.25, 0.3) is 0 Å². The van der Waals surface area contributed by atoms with E-state index < -0.39 is 5.60 Å². The first-order valence-electron chi connectivity index (χ1n) is 6.99. The molecule has 1 amide bonds. The number of carbonyl (C=O) groups excluding carboxylic acids is 1. The van der Waals surface area contributed by atoms with E-state index in [1.54, 1.807) is 0 Å². The van der Waals surface area contributed by atoms with Gasteiger partial charge >= 0.3 is 6.09 Å². The zero-order chi connectivity index (χ0) is 13.9. The van der Waals surface area contributed by atoms with Crippen molar-refractivity contribution >= 4 is 6.09 Å². The lowest BCUT2D eigenvalue weighted by Gasteiger charge is -2.28. The summed E-state index contributed by atoms with van der Waals surface area (Å²) in [5, 5.41) is 0. The van der Waals surface area contributed by atoms with E-state index in [0.29, 0.717) is 0 Å². The molecule has 1 unspecified atom stereocenters. The fourth-order valence-electron chi connectivity index (χ4n) is 2.50. The summed E-state index contributed by atoms with van der Waals surface area (Å²) in [6, 6.07) is 10.6. The zero-order valence-electron chi connectivity index (χ0n) is 12.1. The molecule has 0 spiro atoms. The number of benzene rings is 1. The largest absolute Gasteiger partial charge is 0.444 e. The van der Waals surface area contributed by atoms with E-state index in [9.17, 15) is 4.79 Å². The van der Waals surface area contributed by atoms with Crippen LogP contribution in [-0.4, -0.2) is 29.2 Å². The zero-order valence-corrected chi connectivity index (χ0v) is 12.1. The number of hydrogen-bond donors (Lipinski definition) is 0. The summed E-state index contributed by atoms with van der Waals surface area (Å²) in [5.74, 6) is 0. The number of ether oxygens (including phenoxy) is 1. The lowest BCUT2D eigenvalue weighted by atomic mass is 10.0. The van der Waals surface area contributed by atoms with Crippen LogP contribution in [0.2, 0.25) is 0 Å². The first-order valence-corrected chi connectivity index (χ1v) is 6.99. The molecule has 1 heterocycles. The number of amides is 1. The van der Waals surface area contributed by atoms with Crippen molar-refractivity contribution in [3.8, 4) is 0 Å². The Morgan fingerprint density at radius 2 is 2.00 bits per heavy atom. The van der Waals surface area contributed by atoms with Gasteiger partial charge in [-0.05, 0) is 45.6 Å². The van der Waals surface area contributed by atoms with Gasteiger partial charge in [-0.15, -0.1) is 0 Å². The molecule has 1 aromatic rings. The molecular weight excluding hydrogens is 238 g/mol. The van der Waals surface area contributed by atoms with Gasteiger partial charge in [0, 0.05) is 12.6 Å². The average Bonchev–Trinajstić information content (AvgIpc) is 2.76. The minimum atomic E-state index is -0.420. The van der Waals surface area contributed by atoms with Crippen molar-refractivity contribution in [3.05, 3.63) is 35.9 Å². The van der Waals surface area contributed by atoms with Gasteiger partial charge in [-0.2, -0.15) is 0 Å². The standard InChI is InChI=1S/C16H23NO2/c1-16(2,3)19-15(18)17-11-7-10-14(17)12-13-8-5-4-6-9-13/h4-6,8-9,14H,7,10-12H2,1-3H3. The van der Waals surface area contributed by atoms with Gasteiger partial charge < -0.3 is 9.64 Å². The molecule has 1 fully saturated rings. The maximum atomic E-state index is 12.2. The Morgan fingerprint density at radius 3 is 2.63 bits per heavy atom. The molecular formula is C16H23NO2. The Labute approximate surface area is 115 Å². The number of carbonyl (C=O) groups is 1. The first-order chi connectivity index (χ1) is 8.96. The third-order valence-corrected chi connectivity index (χ3v) is 3.32. The molecule has 1 atom stereocenters. The van der Waals surface area contributed by atoms with Crippen molar-refractivity contribution in [1.82, 2.24) is 4.90 Å². The fraction of sp³-hybridized carbons (Fsp3) is 0.562. The summed E-state index contributed by atoms with van der Waals surface area (Å²) >= 11 is 0. The second kappa shape index (κ2) is 5.64. The van der Waals surface area contributed by atoms with Gasteiger partial charge in [0.2, 0.25) is 0 Å². The van der Waals surface area contributed by atoms with E-state index in [0.717, 1.165) is 25.8 Å². The highest BCUT2D eigenvalue weighted by Gasteiger charge is 2.31. The molecule has 1 saturated heterocycles. The Kier molecular flexibility index (Phi) is 4.13. The maximum absolute atomic E-state index is 12.2. The van der Waals surface area contributed by atoms with E-state index in [-0.39, 0.29) is 12.1 Å². The molecule has 0 N–H and O–H groups in total. The molecule has 0 aliphatic carbocycles. The van der Waals surface area contributed by atoms with Crippen LogP contribution in [0.3, 0.4) is 0 Å².